The van der Waals surface area contributed by atoms with Crippen LogP contribution in [0, 0.1) is 0 Å². The second-order valence-corrected chi connectivity index (χ2v) is 8.53. The highest BCUT2D eigenvalue weighted by Gasteiger charge is 2.28. The maximum atomic E-state index is 5.56. The molecule has 3 heteroatoms. The van der Waals surface area contributed by atoms with Gasteiger partial charge in [-0.25, -0.2) is 0 Å². The number of nitrogens with zero attached hydrogens (tertiary/aromatic N) is 2. The highest BCUT2D eigenvalue weighted by molar-refractivity contribution is 5.93. The Labute approximate surface area is 167 Å². The van der Waals surface area contributed by atoms with Crippen molar-refractivity contribution in [3.63, 3.8) is 0 Å². The number of likely N-dealkylation sites (N-methyl/N-ethyl adjacent to an activating group) is 1. The molecular formula is C25H30N2O. The van der Waals surface area contributed by atoms with E-state index in [0.717, 1.165) is 25.4 Å². The summed E-state index contributed by atoms with van der Waals surface area (Å²) in [5.74, 6) is 1.64. The molecule has 1 saturated carbocycles. The Morgan fingerprint density at radius 1 is 0.964 bits per heavy atom. The third-order valence-corrected chi connectivity index (χ3v) is 6.74. The monoisotopic (exact) mass is 374 g/mol. The van der Waals surface area contributed by atoms with Crippen LogP contribution in [0.3, 0.4) is 0 Å². The Hall–Kier alpha value is -2.26. The van der Waals surface area contributed by atoms with Crippen LogP contribution in [0.1, 0.15) is 49.1 Å². The van der Waals surface area contributed by atoms with Crippen molar-refractivity contribution >= 4 is 10.9 Å². The fourth-order valence-corrected chi connectivity index (χ4v) is 5.36. The van der Waals surface area contributed by atoms with Gasteiger partial charge >= 0.3 is 0 Å². The van der Waals surface area contributed by atoms with Crippen molar-refractivity contribution in [1.82, 2.24) is 9.47 Å². The maximum Gasteiger partial charge on any atom is 0.119 e. The van der Waals surface area contributed by atoms with E-state index in [1.807, 2.05) is 0 Å². The molecule has 0 radical (unpaired) electrons. The number of methoxy groups -OCH3 is 1. The molecule has 0 saturated heterocycles. The van der Waals surface area contributed by atoms with Crippen molar-refractivity contribution in [2.45, 2.75) is 51.1 Å². The maximum absolute atomic E-state index is 5.56. The highest BCUT2D eigenvalue weighted by atomic mass is 16.5. The molecule has 0 amide bonds. The zero-order valence-corrected chi connectivity index (χ0v) is 17.1. The first-order valence-electron chi connectivity index (χ1n) is 10.7. The minimum atomic E-state index is 0.682. The average Bonchev–Trinajstić information content (AvgIpc) is 3.05. The van der Waals surface area contributed by atoms with Crippen molar-refractivity contribution in [2.24, 2.45) is 0 Å². The van der Waals surface area contributed by atoms with Gasteiger partial charge in [0.15, 0.2) is 0 Å². The van der Waals surface area contributed by atoms with Crippen LogP contribution in [0.15, 0.2) is 42.5 Å². The normalized spacial score (nSPS) is 18.4. The van der Waals surface area contributed by atoms with Crippen molar-refractivity contribution in [2.75, 3.05) is 20.7 Å². The molecule has 0 atom stereocenters. The Bertz CT molecular complexity index is 997. The summed E-state index contributed by atoms with van der Waals surface area (Å²) >= 11 is 0. The number of fused-ring (bicyclic) bond motifs is 5. The van der Waals surface area contributed by atoms with E-state index in [1.165, 1.54) is 59.8 Å². The molecule has 1 aliphatic carbocycles. The third kappa shape index (κ3) is 2.93. The van der Waals surface area contributed by atoms with E-state index >= 15 is 0 Å². The van der Waals surface area contributed by atoms with Gasteiger partial charge in [0, 0.05) is 36.1 Å². The van der Waals surface area contributed by atoms with E-state index in [2.05, 4.69) is 59.0 Å². The fourth-order valence-electron chi connectivity index (χ4n) is 5.36. The smallest absolute Gasteiger partial charge is 0.119 e. The summed E-state index contributed by atoms with van der Waals surface area (Å²) in [6.07, 6.45) is 6.77. The molecule has 0 spiro atoms. The van der Waals surface area contributed by atoms with Gasteiger partial charge < -0.3 is 14.2 Å². The number of rotatable bonds is 2. The van der Waals surface area contributed by atoms with Crippen LogP contribution in [0.25, 0.3) is 22.2 Å². The average molecular weight is 375 g/mol. The van der Waals surface area contributed by atoms with E-state index in [-0.39, 0.29) is 0 Å². The van der Waals surface area contributed by atoms with Gasteiger partial charge in [0.25, 0.3) is 0 Å². The molecule has 28 heavy (non-hydrogen) atoms. The molecule has 3 nitrogen and oxygen atoms in total. The Morgan fingerprint density at radius 3 is 2.61 bits per heavy atom. The number of ether oxygens (including phenoxy) is 1. The van der Waals surface area contributed by atoms with E-state index in [0.29, 0.717) is 5.92 Å². The zero-order valence-electron chi connectivity index (χ0n) is 17.1. The molecule has 2 aliphatic rings. The first-order chi connectivity index (χ1) is 13.8. The first-order valence-corrected chi connectivity index (χ1v) is 10.7. The van der Waals surface area contributed by atoms with Crippen molar-refractivity contribution < 1.29 is 4.74 Å². The lowest BCUT2D eigenvalue weighted by molar-refractivity contribution is 0.310. The SMILES string of the molecule is COc1ccc2c(c1)CN(C)CCn1c-2c(C2CCCCC2)c2ccccc21. The van der Waals surface area contributed by atoms with Crippen LogP contribution >= 0.6 is 0 Å². The lowest BCUT2D eigenvalue weighted by Crippen LogP contribution is -2.26. The molecule has 146 valence electrons. The van der Waals surface area contributed by atoms with Crippen molar-refractivity contribution in [3.05, 3.63) is 53.6 Å². The second-order valence-electron chi connectivity index (χ2n) is 8.53. The van der Waals surface area contributed by atoms with Crippen LogP contribution < -0.4 is 4.74 Å². The summed E-state index contributed by atoms with van der Waals surface area (Å²) in [6.45, 7) is 3.08. The quantitative estimate of drug-likeness (QED) is 0.563. The van der Waals surface area contributed by atoms with Gasteiger partial charge in [0.2, 0.25) is 0 Å². The molecule has 1 fully saturated rings. The summed E-state index contributed by atoms with van der Waals surface area (Å²) < 4.78 is 8.15. The molecule has 0 unspecified atom stereocenters. The van der Waals surface area contributed by atoms with Gasteiger partial charge in [-0.05, 0) is 61.2 Å². The van der Waals surface area contributed by atoms with Gasteiger partial charge in [-0.1, -0.05) is 37.5 Å². The molecule has 1 aromatic heterocycles. The molecular weight excluding hydrogens is 344 g/mol. The van der Waals surface area contributed by atoms with Gasteiger partial charge in [0.1, 0.15) is 5.75 Å². The predicted molar refractivity (Wildman–Crippen MR) is 116 cm³/mol. The molecule has 1 aliphatic heterocycles. The zero-order chi connectivity index (χ0) is 19.1. The second kappa shape index (κ2) is 7.29. The third-order valence-electron chi connectivity index (χ3n) is 6.74. The molecule has 2 aromatic carbocycles. The lowest BCUT2D eigenvalue weighted by atomic mass is 9.81. The number of aromatic nitrogens is 1. The van der Waals surface area contributed by atoms with Crippen LogP contribution in [0.2, 0.25) is 0 Å². The summed E-state index contributed by atoms with van der Waals surface area (Å²) in [6, 6.07) is 15.7. The van der Waals surface area contributed by atoms with Gasteiger partial charge in [0.05, 0.1) is 12.8 Å². The number of para-hydroxylation sites is 1. The van der Waals surface area contributed by atoms with Crippen LogP contribution in [-0.2, 0) is 13.1 Å². The summed E-state index contributed by atoms with van der Waals surface area (Å²) in [5.41, 5.74) is 7.24. The van der Waals surface area contributed by atoms with E-state index < -0.39 is 0 Å². The number of hydrogen-bond acceptors (Lipinski definition) is 2. The number of benzene rings is 2. The largest absolute Gasteiger partial charge is 0.497 e. The van der Waals surface area contributed by atoms with E-state index in [1.54, 1.807) is 12.7 Å². The Balaban J connectivity index is 1.81. The fraction of sp³-hybridized carbons (Fsp3) is 0.440. The van der Waals surface area contributed by atoms with Gasteiger partial charge in [-0.2, -0.15) is 0 Å². The van der Waals surface area contributed by atoms with Crippen LogP contribution in [-0.4, -0.2) is 30.2 Å². The predicted octanol–water partition coefficient (Wildman–Crippen LogP) is 5.81. The van der Waals surface area contributed by atoms with Crippen molar-refractivity contribution in [1.29, 1.82) is 0 Å². The number of hydrogen-bond donors (Lipinski definition) is 0. The summed E-state index contributed by atoms with van der Waals surface area (Å²) in [7, 11) is 3.99. The molecule has 3 aromatic rings. The summed E-state index contributed by atoms with van der Waals surface area (Å²) in [5, 5.41) is 1.47. The summed E-state index contributed by atoms with van der Waals surface area (Å²) in [4.78, 5) is 2.43. The minimum Gasteiger partial charge on any atom is -0.497 e. The lowest BCUT2D eigenvalue weighted by Gasteiger charge is -2.28. The van der Waals surface area contributed by atoms with E-state index in [4.69, 9.17) is 4.74 Å². The van der Waals surface area contributed by atoms with Gasteiger partial charge in [-0.15, -0.1) is 0 Å². The van der Waals surface area contributed by atoms with Gasteiger partial charge in [-0.3, -0.25) is 0 Å². The first kappa shape index (κ1) is 17.8. The molecule has 0 bridgehead atoms. The topological polar surface area (TPSA) is 17.4 Å². The molecule has 2 heterocycles. The minimum absolute atomic E-state index is 0.682. The van der Waals surface area contributed by atoms with E-state index in [9.17, 15) is 0 Å². The standard InChI is InChI=1S/C25H30N2O/c1-26-14-15-27-23-11-7-6-10-22(23)24(18-8-4-3-5-9-18)25(27)21-13-12-20(28-2)16-19(21)17-26/h6-7,10-13,16,18H,3-5,8-9,14-15,17H2,1-2H3. The molecule has 0 N–H and O–H groups in total. The van der Waals surface area contributed by atoms with Crippen LogP contribution in [0.4, 0.5) is 0 Å². The molecule has 5 rings (SSSR count). The highest BCUT2D eigenvalue weighted by Crippen LogP contribution is 2.45. The Morgan fingerprint density at radius 2 is 1.79 bits per heavy atom. The Kier molecular flexibility index (Phi) is 4.64. The van der Waals surface area contributed by atoms with Crippen molar-refractivity contribution in [3.8, 4) is 17.0 Å². The van der Waals surface area contributed by atoms with Crippen LogP contribution in [0.5, 0.6) is 5.75 Å².